The van der Waals surface area contributed by atoms with Crippen LogP contribution in [0.1, 0.15) is 5.69 Å². The Morgan fingerprint density at radius 3 is 2.75 bits per heavy atom. The number of nitrogens with zero attached hydrogens (tertiary/aromatic N) is 3. The van der Waals surface area contributed by atoms with Crippen molar-refractivity contribution in [2.75, 3.05) is 0 Å². The van der Waals surface area contributed by atoms with Crippen molar-refractivity contribution in [1.29, 1.82) is 0 Å². The van der Waals surface area contributed by atoms with Crippen LogP contribution in [0.15, 0.2) is 39.9 Å². The van der Waals surface area contributed by atoms with Crippen LogP contribution in [-0.4, -0.2) is 14.3 Å². The van der Waals surface area contributed by atoms with Crippen molar-refractivity contribution < 1.29 is 0 Å². The summed E-state index contributed by atoms with van der Waals surface area (Å²) in [6.07, 6.45) is 0. The lowest BCUT2D eigenvalue weighted by atomic mass is 10.3. The lowest BCUT2D eigenvalue weighted by Crippen LogP contribution is -2.31. The van der Waals surface area contributed by atoms with Crippen LogP contribution >= 0.6 is 22.9 Å². The minimum Gasteiger partial charge on any atom is -0.269 e. The van der Waals surface area contributed by atoms with E-state index in [1.807, 2.05) is 0 Å². The smallest absolute Gasteiger partial charge is 0.269 e. The molecule has 0 amide bonds. The third-order valence-corrected chi connectivity index (χ3v) is 4.30. The van der Waals surface area contributed by atoms with Crippen LogP contribution < -0.4 is 10.4 Å². The molecule has 7 heteroatoms. The zero-order chi connectivity index (χ0) is 14.3. The second-order valence-corrected chi connectivity index (χ2v) is 5.72. The van der Waals surface area contributed by atoms with Gasteiger partial charge in [0.2, 0.25) is 0 Å². The molecule has 0 aliphatic rings. The van der Waals surface area contributed by atoms with E-state index in [9.17, 15) is 9.59 Å². The predicted molar refractivity (Wildman–Crippen MR) is 79.7 cm³/mol. The molecule has 3 aromatic rings. The molecular weight excluding hydrogens is 298 g/mol. The van der Waals surface area contributed by atoms with Gasteiger partial charge in [-0.15, -0.1) is 0 Å². The Labute approximate surface area is 122 Å². The van der Waals surface area contributed by atoms with Gasteiger partial charge in [-0.25, -0.2) is 0 Å². The maximum Gasteiger partial charge on any atom is 0.310 e. The third kappa shape index (κ3) is 2.17. The largest absolute Gasteiger partial charge is 0.310 e. The van der Waals surface area contributed by atoms with E-state index in [1.54, 1.807) is 37.4 Å². The van der Waals surface area contributed by atoms with Gasteiger partial charge in [0.1, 0.15) is 5.15 Å². The van der Waals surface area contributed by atoms with Crippen molar-refractivity contribution in [3.63, 3.8) is 0 Å². The van der Waals surface area contributed by atoms with E-state index < -0.39 is 0 Å². The first-order valence-corrected chi connectivity index (χ1v) is 7.07. The summed E-state index contributed by atoms with van der Waals surface area (Å²) in [4.78, 5) is 24.1. The van der Waals surface area contributed by atoms with E-state index in [0.717, 1.165) is 11.3 Å². The van der Waals surface area contributed by atoms with E-state index in [4.69, 9.17) is 11.6 Å². The summed E-state index contributed by atoms with van der Waals surface area (Å²) in [7, 11) is 1.70. The molecular formula is C13H10ClN3O2S. The Hall–Kier alpha value is -1.92. The average Bonchev–Trinajstić information content (AvgIpc) is 2.73. The monoisotopic (exact) mass is 307 g/mol. The molecule has 0 saturated heterocycles. The number of aryl methyl sites for hydroxylation is 1. The van der Waals surface area contributed by atoms with E-state index in [2.05, 4.69) is 5.10 Å². The van der Waals surface area contributed by atoms with Crippen LogP contribution in [0.3, 0.4) is 0 Å². The van der Waals surface area contributed by atoms with Gasteiger partial charge in [0.05, 0.1) is 17.6 Å². The molecule has 20 heavy (non-hydrogen) atoms. The third-order valence-electron chi connectivity index (χ3n) is 2.97. The molecule has 0 unspecified atom stereocenters. The Morgan fingerprint density at radius 1 is 1.30 bits per heavy atom. The number of fused-ring (bicyclic) bond motifs is 1. The van der Waals surface area contributed by atoms with Crippen molar-refractivity contribution in [2.45, 2.75) is 6.54 Å². The highest BCUT2D eigenvalue weighted by molar-refractivity contribution is 7.16. The second-order valence-electron chi connectivity index (χ2n) is 4.34. The molecule has 0 aliphatic heterocycles. The Balaban J connectivity index is 2.16. The minimum atomic E-state index is -0.300. The fourth-order valence-corrected chi connectivity index (χ4v) is 3.01. The predicted octanol–water partition coefficient (Wildman–Crippen LogP) is 1.86. The Bertz CT molecular complexity index is 890. The number of hydrogen-bond donors (Lipinski definition) is 0. The van der Waals surface area contributed by atoms with Crippen LogP contribution in [0, 0.1) is 0 Å². The van der Waals surface area contributed by atoms with Crippen LogP contribution in [0.4, 0.5) is 0 Å². The van der Waals surface area contributed by atoms with Crippen molar-refractivity contribution >= 4 is 33.0 Å². The van der Waals surface area contributed by atoms with E-state index in [0.29, 0.717) is 20.9 Å². The lowest BCUT2D eigenvalue weighted by Gasteiger charge is -2.03. The van der Waals surface area contributed by atoms with Gasteiger partial charge in [0.15, 0.2) is 0 Å². The molecule has 2 heterocycles. The normalized spacial score (nSPS) is 11.1. The van der Waals surface area contributed by atoms with Crippen molar-refractivity contribution in [2.24, 2.45) is 7.05 Å². The SMILES string of the molecule is Cn1nc(Cn2c(=O)sc3ccccc3c2=O)cc1Cl. The molecule has 0 saturated carbocycles. The van der Waals surface area contributed by atoms with Crippen molar-refractivity contribution in [1.82, 2.24) is 14.3 Å². The maximum absolute atomic E-state index is 12.3. The highest BCUT2D eigenvalue weighted by Gasteiger charge is 2.10. The fourth-order valence-electron chi connectivity index (χ4n) is 1.99. The van der Waals surface area contributed by atoms with Gasteiger partial charge in [0, 0.05) is 17.8 Å². The first-order valence-electron chi connectivity index (χ1n) is 5.87. The van der Waals surface area contributed by atoms with Crippen LogP contribution in [0.5, 0.6) is 0 Å². The topological polar surface area (TPSA) is 56.9 Å². The molecule has 0 bridgehead atoms. The average molecular weight is 308 g/mol. The lowest BCUT2D eigenvalue weighted by molar-refractivity contribution is 0.688. The molecule has 0 N–H and O–H groups in total. The molecule has 0 aliphatic carbocycles. The summed E-state index contributed by atoms with van der Waals surface area (Å²) in [6, 6.07) is 8.72. The molecule has 0 fully saturated rings. The summed E-state index contributed by atoms with van der Waals surface area (Å²) in [5.74, 6) is 0. The second kappa shape index (κ2) is 4.88. The first-order chi connectivity index (χ1) is 9.56. The Kier molecular flexibility index (Phi) is 3.19. The van der Waals surface area contributed by atoms with Gasteiger partial charge >= 0.3 is 4.87 Å². The molecule has 0 atom stereocenters. The summed E-state index contributed by atoms with van der Waals surface area (Å²) < 4.78 is 3.38. The summed E-state index contributed by atoms with van der Waals surface area (Å²) in [5, 5.41) is 5.16. The number of halogens is 1. The van der Waals surface area contributed by atoms with E-state index >= 15 is 0 Å². The fraction of sp³-hybridized carbons (Fsp3) is 0.154. The van der Waals surface area contributed by atoms with Crippen LogP contribution in [0.25, 0.3) is 10.1 Å². The van der Waals surface area contributed by atoms with Gasteiger partial charge in [-0.2, -0.15) is 5.10 Å². The first kappa shape index (κ1) is 13.1. The number of hydrogen-bond acceptors (Lipinski definition) is 4. The van der Waals surface area contributed by atoms with Gasteiger partial charge in [-0.05, 0) is 12.1 Å². The molecule has 0 radical (unpaired) electrons. The van der Waals surface area contributed by atoms with Gasteiger partial charge in [-0.1, -0.05) is 35.1 Å². The van der Waals surface area contributed by atoms with Gasteiger partial charge in [-0.3, -0.25) is 18.8 Å². The summed E-state index contributed by atoms with van der Waals surface area (Å²) in [5.41, 5.74) is 0.283. The highest BCUT2D eigenvalue weighted by Crippen LogP contribution is 2.12. The standard InChI is InChI=1S/C13H10ClN3O2S/c1-16-11(14)6-8(15-16)7-17-12(18)9-4-2-3-5-10(9)20-13(17)19/h2-6H,7H2,1H3. The van der Waals surface area contributed by atoms with Gasteiger partial charge in [0.25, 0.3) is 5.56 Å². The number of benzene rings is 1. The Morgan fingerprint density at radius 2 is 2.05 bits per heavy atom. The summed E-state index contributed by atoms with van der Waals surface area (Å²) >= 11 is 6.96. The zero-order valence-electron chi connectivity index (χ0n) is 10.5. The quantitative estimate of drug-likeness (QED) is 0.726. The molecule has 1 aromatic carbocycles. The molecule has 102 valence electrons. The summed E-state index contributed by atoms with van der Waals surface area (Å²) in [6.45, 7) is 0.125. The number of aromatic nitrogens is 3. The van der Waals surface area contributed by atoms with Crippen molar-refractivity contribution in [3.8, 4) is 0 Å². The van der Waals surface area contributed by atoms with Crippen LogP contribution in [-0.2, 0) is 13.6 Å². The van der Waals surface area contributed by atoms with E-state index in [-0.39, 0.29) is 17.0 Å². The highest BCUT2D eigenvalue weighted by atomic mass is 35.5. The van der Waals surface area contributed by atoms with Crippen LogP contribution in [0.2, 0.25) is 5.15 Å². The van der Waals surface area contributed by atoms with Gasteiger partial charge < -0.3 is 0 Å². The molecule has 0 spiro atoms. The molecule has 3 rings (SSSR count). The van der Waals surface area contributed by atoms with Crippen molar-refractivity contribution in [3.05, 3.63) is 61.2 Å². The molecule has 5 nitrogen and oxygen atoms in total. The molecule has 2 aromatic heterocycles. The zero-order valence-corrected chi connectivity index (χ0v) is 12.1. The minimum absolute atomic E-state index is 0.125. The van der Waals surface area contributed by atoms with E-state index in [1.165, 1.54) is 9.25 Å². The maximum atomic E-state index is 12.3. The number of rotatable bonds is 2.